The van der Waals surface area contributed by atoms with Gasteiger partial charge >= 0.3 is 0 Å². The topological polar surface area (TPSA) is 66.9 Å². The molecule has 0 radical (unpaired) electrons. The lowest BCUT2D eigenvalue weighted by Crippen LogP contribution is -2.33. The first-order valence-electron chi connectivity index (χ1n) is 7.41. The van der Waals surface area contributed by atoms with Crippen LogP contribution in [0.5, 0.6) is 0 Å². The SMILES string of the molecule is Cc1ccc2nsnc2c1NC(=S)NC(=O)/C=C/c1ccc(Cl)cc1Cl. The average Bonchev–Trinajstić information content (AvgIpc) is 3.05. The molecule has 26 heavy (non-hydrogen) atoms. The van der Waals surface area contributed by atoms with Crippen LogP contribution in [0, 0.1) is 6.92 Å². The monoisotopic (exact) mass is 422 g/mol. The molecule has 0 fully saturated rings. The van der Waals surface area contributed by atoms with Crippen LogP contribution < -0.4 is 10.6 Å². The summed E-state index contributed by atoms with van der Waals surface area (Å²) in [5.41, 5.74) is 3.85. The summed E-state index contributed by atoms with van der Waals surface area (Å²) in [6, 6.07) is 8.84. The molecule has 0 saturated carbocycles. The van der Waals surface area contributed by atoms with Crippen LogP contribution in [0.25, 0.3) is 17.1 Å². The highest BCUT2D eigenvalue weighted by Gasteiger charge is 2.11. The average molecular weight is 423 g/mol. The Bertz CT molecular complexity index is 1030. The summed E-state index contributed by atoms with van der Waals surface area (Å²) in [7, 11) is 0. The Morgan fingerprint density at radius 2 is 2.04 bits per heavy atom. The van der Waals surface area contributed by atoms with Gasteiger partial charge in [0.1, 0.15) is 11.0 Å². The molecule has 0 aliphatic carbocycles. The zero-order valence-corrected chi connectivity index (χ0v) is 16.6. The zero-order chi connectivity index (χ0) is 18.7. The molecular weight excluding hydrogens is 411 g/mol. The molecule has 132 valence electrons. The first-order valence-corrected chi connectivity index (χ1v) is 9.30. The van der Waals surface area contributed by atoms with E-state index in [1.807, 2.05) is 19.1 Å². The fourth-order valence-electron chi connectivity index (χ4n) is 2.21. The standard InChI is InChI=1S/C17H12Cl2N4OS2/c1-9-2-6-13-16(23-26-22-13)15(9)21-17(25)20-14(24)7-4-10-3-5-11(18)8-12(10)19/h2-8H,1H3,(H2,20,21,24,25)/b7-4+. The van der Waals surface area contributed by atoms with Crippen molar-refractivity contribution in [2.24, 2.45) is 0 Å². The lowest BCUT2D eigenvalue weighted by molar-refractivity contribution is -0.115. The molecule has 2 N–H and O–H groups in total. The van der Waals surface area contributed by atoms with Gasteiger partial charge in [0.05, 0.1) is 17.4 Å². The maximum absolute atomic E-state index is 12.1. The molecule has 0 bridgehead atoms. The van der Waals surface area contributed by atoms with Crippen molar-refractivity contribution in [3.05, 3.63) is 57.6 Å². The summed E-state index contributed by atoms with van der Waals surface area (Å²) in [6.07, 6.45) is 2.94. The summed E-state index contributed by atoms with van der Waals surface area (Å²) < 4.78 is 8.45. The van der Waals surface area contributed by atoms with E-state index in [2.05, 4.69) is 19.4 Å². The van der Waals surface area contributed by atoms with Crippen molar-refractivity contribution in [3.8, 4) is 0 Å². The van der Waals surface area contributed by atoms with Gasteiger partial charge in [-0.1, -0.05) is 35.3 Å². The quantitative estimate of drug-likeness (QED) is 0.467. The van der Waals surface area contributed by atoms with Gasteiger partial charge in [-0.25, -0.2) is 0 Å². The normalized spacial score (nSPS) is 11.0. The van der Waals surface area contributed by atoms with E-state index in [1.165, 1.54) is 6.08 Å². The lowest BCUT2D eigenvalue weighted by atomic mass is 10.1. The van der Waals surface area contributed by atoms with Gasteiger partial charge in [-0.15, -0.1) is 0 Å². The smallest absolute Gasteiger partial charge is 0.250 e. The number of aryl methyl sites for hydroxylation is 1. The van der Waals surface area contributed by atoms with E-state index in [4.69, 9.17) is 35.4 Å². The summed E-state index contributed by atoms with van der Waals surface area (Å²) >= 11 is 18.3. The molecule has 5 nitrogen and oxygen atoms in total. The maximum atomic E-state index is 12.1. The van der Waals surface area contributed by atoms with Crippen molar-refractivity contribution in [1.29, 1.82) is 0 Å². The molecule has 1 heterocycles. The van der Waals surface area contributed by atoms with E-state index in [0.29, 0.717) is 15.6 Å². The van der Waals surface area contributed by atoms with Crippen LogP contribution in [0.1, 0.15) is 11.1 Å². The Morgan fingerprint density at radius 3 is 2.81 bits per heavy atom. The van der Waals surface area contributed by atoms with E-state index in [1.54, 1.807) is 24.3 Å². The van der Waals surface area contributed by atoms with Crippen LogP contribution >= 0.6 is 47.1 Å². The maximum Gasteiger partial charge on any atom is 0.250 e. The summed E-state index contributed by atoms with van der Waals surface area (Å²) in [5.74, 6) is -0.380. The molecule has 2 aromatic carbocycles. The molecule has 0 spiro atoms. The Balaban J connectivity index is 1.67. The molecule has 3 rings (SSSR count). The van der Waals surface area contributed by atoms with E-state index >= 15 is 0 Å². The van der Waals surface area contributed by atoms with Crippen LogP contribution in [0.4, 0.5) is 5.69 Å². The third-order valence-electron chi connectivity index (χ3n) is 3.49. The second-order valence-electron chi connectivity index (χ2n) is 5.33. The van der Waals surface area contributed by atoms with E-state index in [9.17, 15) is 4.79 Å². The number of fused-ring (bicyclic) bond motifs is 1. The minimum atomic E-state index is -0.380. The fraction of sp³-hybridized carbons (Fsp3) is 0.0588. The van der Waals surface area contributed by atoms with Crippen molar-refractivity contribution in [2.75, 3.05) is 5.32 Å². The first-order chi connectivity index (χ1) is 12.4. The Morgan fingerprint density at radius 1 is 1.23 bits per heavy atom. The van der Waals surface area contributed by atoms with Crippen LogP contribution in [0.2, 0.25) is 10.0 Å². The number of rotatable bonds is 3. The number of hydrogen-bond acceptors (Lipinski definition) is 5. The van der Waals surface area contributed by atoms with Crippen LogP contribution in [0.3, 0.4) is 0 Å². The van der Waals surface area contributed by atoms with Gasteiger partial charge in [0.15, 0.2) is 5.11 Å². The number of nitrogens with one attached hydrogen (secondary N) is 2. The van der Waals surface area contributed by atoms with E-state index in [-0.39, 0.29) is 11.0 Å². The number of benzene rings is 2. The number of anilines is 1. The predicted molar refractivity (Wildman–Crippen MR) is 112 cm³/mol. The van der Waals surface area contributed by atoms with Crippen molar-refractivity contribution in [1.82, 2.24) is 14.1 Å². The van der Waals surface area contributed by atoms with Gasteiger partial charge in [-0.3, -0.25) is 10.1 Å². The van der Waals surface area contributed by atoms with Crippen molar-refractivity contribution in [3.63, 3.8) is 0 Å². The molecule has 3 aromatic rings. The molecule has 9 heteroatoms. The molecule has 0 atom stereocenters. The van der Waals surface area contributed by atoms with Crippen LogP contribution in [0.15, 0.2) is 36.4 Å². The molecule has 0 saturated heterocycles. The van der Waals surface area contributed by atoms with Gasteiger partial charge in [-0.05, 0) is 54.5 Å². The molecule has 0 aliphatic heterocycles. The minimum absolute atomic E-state index is 0.172. The van der Waals surface area contributed by atoms with Crippen LogP contribution in [-0.2, 0) is 4.79 Å². The third kappa shape index (κ3) is 4.37. The van der Waals surface area contributed by atoms with Gasteiger partial charge in [0.2, 0.25) is 5.91 Å². The zero-order valence-electron chi connectivity index (χ0n) is 13.4. The second kappa shape index (κ2) is 8.09. The molecule has 1 amide bonds. The van der Waals surface area contributed by atoms with Gasteiger partial charge < -0.3 is 5.32 Å². The first kappa shape index (κ1) is 18.7. The highest BCUT2D eigenvalue weighted by Crippen LogP contribution is 2.25. The highest BCUT2D eigenvalue weighted by atomic mass is 35.5. The number of aromatic nitrogens is 2. The Kier molecular flexibility index (Phi) is 5.83. The number of thiocarbonyl (C=S) groups is 1. The van der Waals surface area contributed by atoms with Crippen LogP contribution in [-0.4, -0.2) is 19.8 Å². The number of carbonyl (C=O) groups excluding carboxylic acids is 1. The summed E-state index contributed by atoms with van der Waals surface area (Å²) in [4.78, 5) is 12.1. The minimum Gasteiger partial charge on any atom is -0.330 e. The van der Waals surface area contributed by atoms with Crippen molar-refractivity contribution >= 4 is 81.0 Å². The molecular formula is C17H12Cl2N4OS2. The number of nitrogens with zero attached hydrogens (tertiary/aromatic N) is 2. The molecule has 1 aromatic heterocycles. The lowest BCUT2D eigenvalue weighted by Gasteiger charge is -2.11. The fourth-order valence-corrected chi connectivity index (χ4v) is 3.43. The Labute approximate surface area is 169 Å². The molecule has 0 aliphatic rings. The largest absolute Gasteiger partial charge is 0.330 e. The third-order valence-corrected chi connectivity index (χ3v) is 4.80. The van der Waals surface area contributed by atoms with Crippen molar-refractivity contribution < 1.29 is 4.79 Å². The van der Waals surface area contributed by atoms with Gasteiger partial charge in [0, 0.05) is 16.1 Å². The number of amides is 1. The van der Waals surface area contributed by atoms with Gasteiger partial charge in [-0.2, -0.15) is 8.75 Å². The van der Waals surface area contributed by atoms with E-state index < -0.39 is 0 Å². The number of carbonyl (C=O) groups is 1. The highest BCUT2D eigenvalue weighted by molar-refractivity contribution is 7.80. The van der Waals surface area contributed by atoms with E-state index in [0.717, 1.165) is 34.0 Å². The molecule has 0 unspecified atom stereocenters. The van der Waals surface area contributed by atoms with Gasteiger partial charge in [0.25, 0.3) is 0 Å². The number of halogens is 2. The van der Waals surface area contributed by atoms with Crippen molar-refractivity contribution in [2.45, 2.75) is 6.92 Å². The Hall–Kier alpha value is -2.06. The summed E-state index contributed by atoms with van der Waals surface area (Å²) in [5, 5.41) is 6.77. The predicted octanol–water partition coefficient (Wildman–Crippen LogP) is 4.83. The number of hydrogen-bond donors (Lipinski definition) is 2. The second-order valence-corrected chi connectivity index (χ2v) is 7.11. The summed E-state index contributed by atoms with van der Waals surface area (Å²) in [6.45, 7) is 1.92.